The van der Waals surface area contributed by atoms with Gasteiger partial charge in [0.2, 0.25) is 5.91 Å². The van der Waals surface area contributed by atoms with Gasteiger partial charge in [-0.25, -0.2) is 4.98 Å². The minimum atomic E-state index is 0.0712. The van der Waals surface area contributed by atoms with Crippen LogP contribution in [-0.2, 0) is 16.1 Å². The molecule has 6 heteroatoms. The molecule has 3 rings (SSSR count). The van der Waals surface area contributed by atoms with Crippen LogP contribution in [0, 0.1) is 0 Å². The highest BCUT2D eigenvalue weighted by Crippen LogP contribution is 2.32. The molecule has 1 amide bonds. The van der Waals surface area contributed by atoms with Gasteiger partial charge in [0.15, 0.2) is 0 Å². The summed E-state index contributed by atoms with van der Waals surface area (Å²) in [5.74, 6) is 1.01. The third kappa shape index (κ3) is 3.43. The number of carbonyl (C=O) groups excluding carboxylic acids is 1. The van der Waals surface area contributed by atoms with E-state index >= 15 is 0 Å². The van der Waals surface area contributed by atoms with E-state index < -0.39 is 0 Å². The standard InChI is InChI=1S/C18H23N3O3/c1-3-24-9-8-17(22)21-10-15(18-16(11-21)19-12-20-18)13-4-6-14(23-2)7-5-13/h4-7,12,15H,3,8-11H2,1-2H3,(H,19,20). The fraction of sp³-hybridized carbons (Fsp3) is 0.444. The summed E-state index contributed by atoms with van der Waals surface area (Å²) >= 11 is 0. The monoisotopic (exact) mass is 329 g/mol. The number of H-pyrrole nitrogens is 1. The summed E-state index contributed by atoms with van der Waals surface area (Å²) in [6.07, 6.45) is 2.11. The van der Waals surface area contributed by atoms with Gasteiger partial charge < -0.3 is 19.4 Å². The summed E-state index contributed by atoms with van der Waals surface area (Å²) in [5, 5.41) is 0. The fourth-order valence-electron chi connectivity index (χ4n) is 3.07. The van der Waals surface area contributed by atoms with Crippen LogP contribution in [0.25, 0.3) is 0 Å². The Kier molecular flexibility index (Phi) is 5.15. The number of rotatable bonds is 6. The van der Waals surface area contributed by atoms with Crippen LogP contribution in [0.3, 0.4) is 0 Å². The second-order valence-corrected chi connectivity index (χ2v) is 5.81. The number of nitrogens with one attached hydrogen (secondary N) is 1. The minimum Gasteiger partial charge on any atom is -0.497 e. The first kappa shape index (κ1) is 16.5. The number of hydrogen-bond acceptors (Lipinski definition) is 4. The van der Waals surface area contributed by atoms with Gasteiger partial charge in [-0.2, -0.15) is 0 Å². The molecule has 1 aliphatic rings. The lowest BCUT2D eigenvalue weighted by molar-refractivity contribution is -0.133. The van der Waals surface area contributed by atoms with Crippen molar-refractivity contribution in [1.29, 1.82) is 0 Å². The maximum absolute atomic E-state index is 12.5. The first-order chi connectivity index (χ1) is 11.7. The molecule has 0 fully saturated rings. The van der Waals surface area contributed by atoms with Gasteiger partial charge in [-0.05, 0) is 24.6 Å². The van der Waals surface area contributed by atoms with E-state index in [1.807, 2.05) is 36.1 Å². The third-order valence-corrected chi connectivity index (χ3v) is 4.37. The summed E-state index contributed by atoms with van der Waals surface area (Å²) in [5.41, 5.74) is 3.16. The van der Waals surface area contributed by atoms with Crippen molar-refractivity contribution in [2.45, 2.75) is 25.8 Å². The van der Waals surface area contributed by atoms with Crippen LogP contribution in [0.2, 0.25) is 0 Å². The Morgan fingerprint density at radius 1 is 1.38 bits per heavy atom. The Morgan fingerprint density at radius 3 is 2.88 bits per heavy atom. The van der Waals surface area contributed by atoms with Crippen molar-refractivity contribution in [3.63, 3.8) is 0 Å². The number of aromatic nitrogens is 2. The molecule has 1 unspecified atom stereocenters. The summed E-state index contributed by atoms with van der Waals surface area (Å²) in [7, 11) is 1.65. The van der Waals surface area contributed by atoms with Gasteiger partial charge in [0, 0.05) is 19.1 Å². The van der Waals surface area contributed by atoms with Crippen LogP contribution in [0.1, 0.15) is 36.2 Å². The number of carbonyl (C=O) groups is 1. The van der Waals surface area contributed by atoms with Crippen molar-refractivity contribution >= 4 is 5.91 Å². The minimum absolute atomic E-state index is 0.0712. The quantitative estimate of drug-likeness (QED) is 0.826. The average Bonchev–Trinajstić information content (AvgIpc) is 3.09. The molecule has 0 spiro atoms. The highest BCUT2D eigenvalue weighted by atomic mass is 16.5. The molecule has 2 aromatic rings. The summed E-state index contributed by atoms with van der Waals surface area (Å²) in [6.45, 7) is 4.24. The zero-order valence-electron chi connectivity index (χ0n) is 14.1. The predicted octanol–water partition coefficient (Wildman–Crippen LogP) is 2.32. The molecular formula is C18H23N3O3. The number of fused-ring (bicyclic) bond motifs is 1. The molecule has 1 N–H and O–H groups in total. The zero-order chi connectivity index (χ0) is 16.9. The van der Waals surface area contributed by atoms with Gasteiger partial charge in [0.1, 0.15) is 5.75 Å². The second kappa shape index (κ2) is 7.49. The lowest BCUT2D eigenvalue weighted by Gasteiger charge is -2.32. The number of hydrogen-bond donors (Lipinski definition) is 1. The molecule has 0 saturated heterocycles. The number of imidazole rings is 1. The highest BCUT2D eigenvalue weighted by Gasteiger charge is 2.31. The van der Waals surface area contributed by atoms with Crippen molar-refractivity contribution in [2.75, 3.05) is 26.9 Å². The molecule has 1 aliphatic heterocycles. The maximum Gasteiger partial charge on any atom is 0.225 e. The summed E-state index contributed by atoms with van der Waals surface area (Å²) in [4.78, 5) is 22.0. The van der Waals surface area contributed by atoms with E-state index in [0.29, 0.717) is 32.7 Å². The Labute approximate surface area is 141 Å². The van der Waals surface area contributed by atoms with E-state index in [4.69, 9.17) is 9.47 Å². The molecular weight excluding hydrogens is 306 g/mol. The Bertz CT molecular complexity index is 681. The number of aromatic amines is 1. The lowest BCUT2D eigenvalue weighted by atomic mass is 9.90. The molecule has 2 heterocycles. The molecule has 24 heavy (non-hydrogen) atoms. The molecule has 0 radical (unpaired) electrons. The molecule has 1 aromatic carbocycles. The molecule has 128 valence electrons. The largest absolute Gasteiger partial charge is 0.497 e. The normalized spacial score (nSPS) is 16.8. The highest BCUT2D eigenvalue weighted by molar-refractivity contribution is 5.76. The van der Waals surface area contributed by atoms with Crippen LogP contribution < -0.4 is 4.74 Å². The van der Waals surface area contributed by atoms with Crippen molar-refractivity contribution in [1.82, 2.24) is 14.9 Å². The molecule has 0 aliphatic carbocycles. The van der Waals surface area contributed by atoms with Crippen LogP contribution in [-0.4, -0.2) is 47.6 Å². The second-order valence-electron chi connectivity index (χ2n) is 5.81. The van der Waals surface area contributed by atoms with E-state index in [-0.39, 0.29) is 11.8 Å². The smallest absolute Gasteiger partial charge is 0.225 e. The molecule has 6 nitrogen and oxygen atoms in total. The van der Waals surface area contributed by atoms with Gasteiger partial charge in [0.25, 0.3) is 0 Å². The van der Waals surface area contributed by atoms with Crippen LogP contribution in [0.4, 0.5) is 0 Å². The van der Waals surface area contributed by atoms with E-state index in [1.165, 1.54) is 0 Å². The van der Waals surface area contributed by atoms with Crippen molar-refractivity contribution in [2.24, 2.45) is 0 Å². The van der Waals surface area contributed by atoms with Gasteiger partial charge in [-0.3, -0.25) is 4.79 Å². The third-order valence-electron chi connectivity index (χ3n) is 4.37. The number of amides is 1. The SMILES string of the molecule is CCOCCC(=O)N1Cc2[nH]cnc2C(c2ccc(OC)cc2)C1. The van der Waals surface area contributed by atoms with Gasteiger partial charge in [-0.1, -0.05) is 12.1 Å². The molecule has 1 atom stereocenters. The summed E-state index contributed by atoms with van der Waals surface area (Å²) < 4.78 is 10.5. The first-order valence-corrected chi connectivity index (χ1v) is 8.24. The molecule has 0 saturated carbocycles. The zero-order valence-corrected chi connectivity index (χ0v) is 14.1. The lowest BCUT2D eigenvalue weighted by Crippen LogP contribution is -2.39. The molecule has 0 bridgehead atoms. The van der Waals surface area contributed by atoms with Crippen LogP contribution in [0.5, 0.6) is 5.75 Å². The first-order valence-electron chi connectivity index (χ1n) is 8.24. The topological polar surface area (TPSA) is 67.5 Å². The number of benzene rings is 1. The molecule has 1 aromatic heterocycles. The average molecular weight is 329 g/mol. The van der Waals surface area contributed by atoms with Crippen LogP contribution >= 0.6 is 0 Å². The number of ether oxygens (including phenoxy) is 2. The van der Waals surface area contributed by atoms with Crippen molar-refractivity contribution < 1.29 is 14.3 Å². The van der Waals surface area contributed by atoms with E-state index in [1.54, 1.807) is 13.4 Å². The Balaban J connectivity index is 1.79. The van der Waals surface area contributed by atoms with Gasteiger partial charge in [-0.15, -0.1) is 0 Å². The number of nitrogens with zero attached hydrogens (tertiary/aromatic N) is 2. The predicted molar refractivity (Wildman–Crippen MR) is 90.0 cm³/mol. The van der Waals surface area contributed by atoms with Crippen molar-refractivity contribution in [3.05, 3.63) is 47.5 Å². The van der Waals surface area contributed by atoms with Gasteiger partial charge >= 0.3 is 0 Å². The van der Waals surface area contributed by atoms with Crippen molar-refractivity contribution in [3.8, 4) is 5.75 Å². The van der Waals surface area contributed by atoms with E-state index in [2.05, 4.69) is 9.97 Å². The van der Waals surface area contributed by atoms with E-state index in [0.717, 1.165) is 22.7 Å². The number of methoxy groups -OCH3 is 1. The van der Waals surface area contributed by atoms with E-state index in [9.17, 15) is 4.79 Å². The van der Waals surface area contributed by atoms with Gasteiger partial charge in [0.05, 0.1) is 44.4 Å². The van der Waals surface area contributed by atoms with Crippen LogP contribution in [0.15, 0.2) is 30.6 Å². The summed E-state index contributed by atoms with van der Waals surface area (Å²) in [6, 6.07) is 7.96. The maximum atomic E-state index is 12.5. The Hall–Kier alpha value is -2.34. The fourth-order valence-corrected chi connectivity index (χ4v) is 3.07. The Morgan fingerprint density at radius 2 is 2.17 bits per heavy atom.